The Hall–Kier alpha value is -0.160. The number of ketones is 1. The molecule has 12 heavy (non-hydrogen) atoms. The van der Waals surface area contributed by atoms with Gasteiger partial charge in [0.15, 0.2) is 5.78 Å². The summed E-state index contributed by atoms with van der Waals surface area (Å²) in [6, 6.07) is 2.43. The van der Waals surface area contributed by atoms with Crippen molar-refractivity contribution < 1.29 is 9.18 Å². The monoisotopic (exact) mass is 298 g/mol. The Morgan fingerprint density at radius 3 is 2.67 bits per heavy atom. The summed E-state index contributed by atoms with van der Waals surface area (Å²) >= 11 is 7.65. The van der Waals surface area contributed by atoms with Crippen LogP contribution >= 0.6 is 34.2 Å². The van der Waals surface area contributed by atoms with Crippen LogP contribution in [0.4, 0.5) is 4.39 Å². The Morgan fingerprint density at radius 1 is 1.58 bits per heavy atom. The van der Waals surface area contributed by atoms with E-state index in [9.17, 15) is 9.18 Å². The third-order valence-corrected chi connectivity index (χ3v) is 2.95. The molecule has 0 fully saturated rings. The minimum atomic E-state index is -0.436. The summed E-state index contributed by atoms with van der Waals surface area (Å²) in [5.41, 5.74) is 0.237. The summed E-state index contributed by atoms with van der Waals surface area (Å²) in [5.74, 6) is -0.661. The van der Waals surface area contributed by atoms with Crippen molar-refractivity contribution in [3.8, 4) is 0 Å². The highest BCUT2D eigenvalue weighted by atomic mass is 127. The van der Waals surface area contributed by atoms with Crippen molar-refractivity contribution in [2.24, 2.45) is 0 Å². The molecule has 0 aliphatic heterocycles. The summed E-state index contributed by atoms with van der Waals surface area (Å²) < 4.78 is 13.3. The van der Waals surface area contributed by atoms with Gasteiger partial charge in [-0.05, 0) is 41.6 Å². The smallest absolute Gasteiger partial charge is 0.161 e. The first kappa shape index (κ1) is 9.92. The third kappa shape index (κ3) is 1.95. The molecule has 0 saturated heterocycles. The molecule has 0 aliphatic rings. The second-order valence-electron chi connectivity index (χ2n) is 2.31. The number of carbonyl (C=O) groups is 1. The quantitative estimate of drug-likeness (QED) is 0.442. The lowest BCUT2D eigenvalue weighted by atomic mass is 10.1. The van der Waals surface area contributed by atoms with Gasteiger partial charge in [-0.25, -0.2) is 4.39 Å². The Balaban J connectivity index is 3.37. The van der Waals surface area contributed by atoms with Gasteiger partial charge in [-0.1, -0.05) is 11.6 Å². The average molecular weight is 298 g/mol. The molecule has 0 spiro atoms. The Bertz CT molecular complexity index is 338. The topological polar surface area (TPSA) is 17.1 Å². The molecular weight excluding hydrogens is 293 g/mol. The summed E-state index contributed by atoms with van der Waals surface area (Å²) in [6.45, 7) is 1.36. The molecule has 0 saturated carbocycles. The maximum Gasteiger partial charge on any atom is 0.161 e. The molecule has 0 bridgehead atoms. The van der Waals surface area contributed by atoms with E-state index >= 15 is 0 Å². The van der Waals surface area contributed by atoms with Crippen LogP contribution in [0.25, 0.3) is 0 Å². The van der Waals surface area contributed by atoms with E-state index < -0.39 is 5.82 Å². The molecule has 0 N–H and O–H groups in total. The Morgan fingerprint density at radius 2 is 2.17 bits per heavy atom. The lowest BCUT2D eigenvalue weighted by Gasteiger charge is -2.01. The van der Waals surface area contributed by atoms with E-state index in [2.05, 4.69) is 0 Å². The molecule has 0 amide bonds. The number of hydrogen-bond acceptors (Lipinski definition) is 1. The standard InChI is InChI=1S/C8H5ClFIO/c1-4(12)6-2-5(10)3-7(11)8(6)9/h2-3H,1H3. The van der Waals surface area contributed by atoms with E-state index in [4.69, 9.17) is 11.6 Å². The molecule has 1 aromatic carbocycles. The summed E-state index contributed by atoms with van der Waals surface area (Å²) in [6.07, 6.45) is 0. The number of halogens is 3. The molecule has 64 valence electrons. The number of carbonyl (C=O) groups excluding carboxylic acids is 1. The number of rotatable bonds is 1. The van der Waals surface area contributed by atoms with Crippen LogP contribution in [0.3, 0.4) is 0 Å². The number of Topliss-reactive ketones (excluding diaryl/α,β-unsaturated/α-hetero) is 1. The van der Waals surface area contributed by atoms with Gasteiger partial charge in [-0.2, -0.15) is 0 Å². The molecule has 0 heterocycles. The Kier molecular flexibility index (Phi) is 3.06. The van der Waals surface area contributed by atoms with E-state index in [-0.39, 0.29) is 11.3 Å². The van der Waals surface area contributed by atoms with Gasteiger partial charge >= 0.3 is 0 Å². The molecule has 0 atom stereocenters. The highest BCUT2D eigenvalue weighted by Crippen LogP contribution is 2.24. The fourth-order valence-corrected chi connectivity index (χ4v) is 1.64. The van der Waals surface area contributed by atoms with Crippen molar-refractivity contribution in [2.75, 3.05) is 0 Å². The number of hydrogen-bond donors (Lipinski definition) is 0. The van der Waals surface area contributed by atoms with Crippen molar-refractivity contribution in [1.82, 2.24) is 0 Å². The minimum Gasteiger partial charge on any atom is -0.294 e. The van der Waals surface area contributed by atoms with Gasteiger partial charge < -0.3 is 0 Å². The maximum absolute atomic E-state index is 12.8. The van der Waals surface area contributed by atoms with Gasteiger partial charge in [0, 0.05) is 9.13 Å². The van der Waals surface area contributed by atoms with E-state index in [1.54, 1.807) is 0 Å². The highest BCUT2D eigenvalue weighted by Gasteiger charge is 2.10. The zero-order valence-corrected chi connectivity index (χ0v) is 9.11. The van der Waals surface area contributed by atoms with Crippen LogP contribution in [0.5, 0.6) is 0 Å². The molecule has 1 nitrogen and oxygen atoms in total. The lowest BCUT2D eigenvalue weighted by molar-refractivity contribution is 0.101. The maximum atomic E-state index is 12.8. The Labute approximate surface area is 88.1 Å². The molecule has 0 aliphatic carbocycles. The van der Waals surface area contributed by atoms with Crippen molar-refractivity contribution in [3.05, 3.63) is 32.1 Å². The normalized spacial score (nSPS) is 10.0. The zero-order valence-electron chi connectivity index (χ0n) is 6.20. The first-order valence-electron chi connectivity index (χ1n) is 3.18. The van der Waals surface area contributed by atoms with Gasteiger partial charge in [-0.3, -0.25) is 4.79 Å². The summed E-state index contributed by atoms with van der Waals surface area (Å²) in [4.78, 5) is 10.9. The van der Waals surface area contributed by atoms with Crippen molar-refractivity contribution in [2.45, 2.75) is 6.92 Å². The summed E-state index contributed by atoms with van der Waals surface area (Å²) in [7, 11) is 0. The molecule has 4 heteroatoms. The molecule has 1 aromatic rings. The average Bonchev–Trinajstić information content (AvgIpc) is 1.96. The van der Waals surface area contributed by atoms with E-state index in [1.165, 1.54) is 13.0 Å². The fraction of sp³-hybridized carbons (Fsp3) is 0.125. The molecule has 0 aromatic heterocycles. The first-order chi connectivity index (χ1) is 5.52. The van der Waals surface area contributed by atoms with Crippen LogP contribution < -0.4 is 0 Å². The van der Waals surface area contributed by atoms with E-state index in [0.29, 0.717) is 8.59 Å². The molecule has 0 unspecified atom stereocenters. The lowest BCUT2D eigenvalue weighted by Crippen LogP contribution is -1.96. The highest BCUT2D eigenvalue weighted by molar-refractivity contribution is 14.1. The van der Waals surface area contributed by atoms with Gasteiger partial charge in [0.05, 0.1) is 5.02 Å². The van der Waals surface area contributed by atoms with Crippen LogP contribution in [0.15, 0.2) is 12.1 Å². The van der Waals surface area contributed by atoms with Crippen LogP contribution in [-0.4, -0.2) is 5.78 Å². The van der Waals surface area contributed by atoms with Gasteiger partial charge in [0.1, 0.15) is 5.82 Å². The van der Waals surface area contributed by atoms with E-state index in [1.807, 2.05) is 22.6 Å². The third-order valence-electron chi connectivity index (χ3n) is 1.37. The zero-order chi connectivity index (χ0) is 9.30. The fourth-order valence-electron chi connectivity index (χ4n) is 0.812. The van der Waals surface area contributed by atoms with E-state index in [0.717, 1.165) is 6.07 Å². The van der Waals surface area contributed by atoms with Crippen molar-refractivity contribution >= 4 is 40.0 Å². The molecular formula is C8H5ClFIO. The predicted molar refractivity (Wildman–Crippen MR) is 54.1 cm³/mol. The predicted octanol–water partition coefficient (Wildman–Crippen LogP) is 3.29. The van der Waals surface area contributed by atoms with Gasteiger partial charge in [-0.15, -0.1) is 0 Å². The van der Waals surface area contributed by atoms with Crippen molar-refractivity contribution in [1.29, 1.82) is 0 Å². The van der Waals surface area contributed by atoms with Crippen LogP contribution in [-0.2, 0) is 0 Å². The number of benzene rings is 1. The second-order valence-corrected chi connectivity index (χ2v) is 3.85. The molecule has 1 rings (SSSR count). The molecule has 0 radical (unpaired) electrons. The van der Waals surface area contributed by atoms with Crippen LogP contribution in [0.1, 0.15) is 17.3 Å². The largest absolute Gasteiger partial charge is 0.294 e. The van der Waals surface area contributed by atoms with Gasteiger partial charge in [0.2, 0.25) is 0 Å². The minimum absolute atomic E-state index is 0.225. The first-order valence-corrected chi connectivity index (χ1v) is 4.63. The second kappa shape index (κ2) is 3.70. The summed E-state index contributed by atoms with van der Waals surface area (Å²) in [5, 5.41) is 0.324. The van der Waals surface area contributed by atoms with Crippen LogP contribution in [0, 0.1) is 9.39 Å². The SMILES string of the molecule is CC(=O)c1cc(F)cc(I)c1Cl. The van der Waals surface area contributed by atoms with Gasteiger partial charge in [0.25, 0.3) is 0 Å². The van der Waals surface area contributed by atoms with Crippen molar-refractivity contribution in [3.63, 3.8) is 0 Å². The van der Waals surface area contributed by atoms with Crippen LogP contribution in [0.2, 0.25) is 5.02 Å².